The highest BCUT2D eigenvalue weighted by Gasteiger charge is 2.27. The van der Waals surface area contributed by atoms with Crippen molar-refractivity contribution in [1.29, 1.82) is 0 Å². The average molecular weight is 318 g/mol. The average Bonchev–Trinajstić information content (AvgIpc) is 3.11. The van der Waals surface area contributed by atoms with Gasteiger partial charge < -0.3 is 9.55 Å². The predicted molar refractivity (Wildman–Crippen MR) is 82.5 cm³/mol. The summed E-state index contributed by atoms with van der Waals surface area (Å²) in [5.74, 6) is 0. The summed E-state index contributed by atoms with van der Waals surface area (Å²) in [6.45, 7) is 0. The Morgan fingerprint density at radius 3 is 2.77 bits per heavy atom. The molecule has 22 heavy (non-hydrogen) atoms. The van der Waals surface area contributed by atoms with E-state index in [4.69, 9.17) is 0 Å². The number of H-pyrrole nitrogens is 1. The summed E-state index contributed by atoms with van der Waals surface area (Å²) in [5.41, 5.74) is 1.43. The lowest BCUT2D eigenvalue weighted by Crippen LogP contribution is -2.29. The predicted octanol–water partition coefficient (Wildman–Crippen LogP) is 1.54. The number of carbonyl (C=O) groups is 1. The summed E-state index contributed by atoms with van der Waals surface area (Å²) in [6, 6.07) is 6.90. The molecule has 0 aliphatic heterocycles. The van der Waals surface area contributed by atoms with Crippen molar-refractivity contribution in [2.45, 2.75) is 5.16 Å². The number of aldehydes is 1. The molecule has 0 unspecified atom stereocenters. The van der Waals surface area contributed by atoms with Gasteiger partial charge in [-0.25, -0.2) is 4.98 Å². The molecular formula is C14H14N4O3S. The minimum absolute atomic E-state index is 0.0471. The maximum absolute atomic E-state index is 12.7. The molecule has 0 amide bonds. The molecule has 3 rings (SSSR count). The Bertz CT molecular complexity index is 956. The van der Waals surface area contributed by atoms with Crippen LogP contribution < -0.4 is 4.31 Å². The quantitative estimate of drug-likeness (QED) is 0.739. The van der Waals surface area contributed by atoms with Crippen LogP contribution in [-0.2, 0) is 17.1 Å². The van der Waals surface area contributed by atoms with Gasteiger partial charge in [-0.3, -0.25) is 9.10 Å². The van der Waals surface area contributed by atoms with E-state index in [1.165, 1.54) is 17.8 Å². The molecule has 0 radical (unpaired) electrons. The number of nitrogens with one attached hydrogen (secondary N) is 1. The number of nitrogens with zero attached hydrogens (tertiary/aromatic N) is 3. The highest BCUT2D eigenvalue weighted by Crippen LogP contribution is 2.29. The highest BCUT2D eigenvalue weighted by atomic mass is 32.2. The molecule has 114 valence electrons. The molecule has 0 aliphatic carbocycles. The van der Waals surface area contributed by atoms with Crippen LogP contribution in [0.15, 0.2) is 41.8 Å². The van der Waals surface area contributed by atoms with E-state index in [1.807, 2.05) is 6.07 Å². The number of anilines is 1. The van der Waals surface area contributed by atoms with Crippen LogP contribution in [0, 0.1) is 0 Å². The number of aryl methyl sites for hydroxylation is 1. The second-order valence-corrected chi connectivity index (χ2v) is 6.74. The Kier molecular flexibility index (Phi) is 3.25. The number of fused-ring (bicyclic) bond motifs is 1. The summed E-state index contributed by atoms with van der Waals surface area (Å²) < 4.78 is 28.0. The van der Waals surface area contributed by atoms with Gasteiger partial charge in [0.15, 0.2) is 6.29 Å². The first-order valence-corrected chi connectivity index (χ1v) is 7.92. The molecule has 7 nitrogen and oxygen atoms in total. The van der Waals surface area contributed by atoms with Gasteiger partial charge in [0.25, 0.3) is 10.0 Å². The van der Waals surface area contributed by atoms with E-state index in [0.717, 1.165) is 9.69 Å². The molecule has 0 saturated carbocycles. The molecule has 2 heterocycles. The second kappa shape index (κ2) is 4.99. The SMILES string of the molecule is CN(c1cccc2cc(C=O)[nH]c12)S(=O)(=O)c1nccn1C. The van der Waals surface area contributed by atoms with E-state index in [-0.39, 0.29) is 5.16 Å². The first-order chi connectivity index (χ1) is 10.4. The minimum atomic E-state index is -3.79. The van der Waals surface area contributed by atoms with E-state index in [9.17, 15) is 13.2 Å². The van der Waals surface area contributed by atoms with Crippen molar-refractivity contribution >= 4 is 32.9 Å². The first kappa shape index (κ1) is 14.3. The molecule has 1 N–H and O–H groups in total. The third-order valence-corrected chi connectivity index (χ3v) is 5.26. The fraction of sp³-hybridized carbons (Fsp3) is 0.143. The number of carbonyl (C=O) groups excluding carboxylic acids is 1. The van der Waals surface area contributed by atoms with Crippen molar-refractivity contribution in [3.8, 4) is 0 Å². The lowest BCUT2D eigenvalue weighted by molar-refractivity contribution is 0.112. The summed E-state index contributed by atoms with van der Waals surface area (Å²) in [5, 5.41) is 0.718. The Morgan fingerprint density at radius 1 is 1.36 bits per heavy atom. The largest absolute Gasteiger partial charge is 0.351 e. The minimum Gasteiger partial charge on any atom is -0.351 e. The molecule has 0 aliphatic rings. The molecule has 0 bridgehead atoms. The van der Waals surface area contributed by atoms with E-state index >= 15 is 0 Å². The van der Waals surface area contributed by atoms with E-state index < -0.39 is 10.0 Å². The van der Waals surface area contributed by atoms with Crippen LogP contribution >= 0.6 is 0 Å². The number of para-hydroxylation sites is 1. The van der Waals surface area contributed by atoms with Gasteiger partial charge in [-0.2, -0.15) is 8.42 Å². The van der Waals surface area contributed by atoms with Crippen molar-refractivity contribution < 1.29 is 13.2 Å². The maximum Gasteiger partial charge on any atom is 0.298 e. The Hall–Kier alpha value is -2.61. The van der Waals surface area contributed by atoms with Crippen molar-refractivity contribution in [3.05, 3.63) is 42.4 Å². The van der Waals surface area contributed by atoms with Crippen LogP contribution in [0.4, 0.5) is 5.69 Å². The van der Waals surface area contributed by atoms with Gasteiger partial charge in [-0.15, -0.1) is 0 Å². The van der Waals surface area contributed by atoms with Crippen molar-refractivity contribution in [1.82, 2.24) is 14.5 Å². The number of benzene rings is 1. The van der Waals surface area contributed by atoms with Gasteiger partial charge in [-0.1, -0.05) is 12.1 Å². The highest BCUT2D eigenvalue weighted by molar-refractivity contribution is 7.92. The van der Waals surface area contributed by atoms with E-state index in [0.29, 0.717) is 23.2 Å². The maximum atomic E-state index is 12.7. The smallest absolute Gasteiger partial charge is 0.298 e. The number of sulfonamides is 1. The van der Waals surface area contributed by atoms with Gasteiger partial charge in [0.1, 0.15) is 0 Å². The fourth-order valence-corrected chi connectivity index (χ4v) is 3.62. The molecule has 3 aromatic rings. The second-order valence-electron chi connectivity index (χ2n) is 4.88. The number of rotatable bonds is 4. The standard InChI is InChI=1S/C14H14N4O3S/c1-17-7-6-15-14(17)22(20,21)18(2)12-5-3-4-10-8-11(9-19)16-13(10)12/h3-9,16H,1-2H3. The third kappa shape index (κ3) is 2.08. The van der Waals surface area contributed by atoms with Gasteiger partial charge >= 0.3 is 0 Å². The Labute approximate surface area is 127 Å². The molecular weight excluding hydrogens is 304 g/mol. The molecule has 2 aromatic heterocycles. The van der Waals surface area contributed by atoms with E-state index in [1.54, 1.807) is 31.4 Å². The zero-order valence-electron chi connectivity index (χ0n) is 12.0. The molecule has 0 fully saturated rings. The van der Waals surface area contributed by atoms with Crippen LogP contribution in [0.2, 0.25) is 0 Å². The van der Waals surface area contributed by atoms with Crippen molar-refractivity contribution in [2.75, 3.05) is 11.4 Å². The molecule has 8 heteroatoms. The summed E-state index contributed by atoms with van der Waals surface area (Å²) in [6.07, 6.45) is 3.69. The summed E-state index contributed by atoms with van der Waals surface area (Å²) >= 11 is 0. The van der Waals surface area contributed by atoms with Gasteiger partial charge in [0.05, 0.1) is 16.9 Å². The molecule has 0 atom stereocenters. The lowest BCUT2D eigenvalue weighted by atomic mass is 10.2. The zero-order valence-corrected chi connectivity index (χ0v) is 12.8. The van der Waals surface area contributed by atoms with Crippen LogP contribution in [0.1, 0.15) is 10.5 Å². The number of aromatic amines is 1. The van der Waals surface area contributed by atoms with Crippen LogP contribution in [-0.4, -0.2) is 36.3 Å². The van der Waals surface area contributed by atoms with Crippen molar-refractivity contribution in [3.63, 3.8) is 0 Å². The summed E-state index contributed by atoms with van der Waals surface area (Å²) in [4.78, 5) is 17.7. The summed E-state index contributed by atoms with van der Waals surface area (Å²) in [7, 11) is -0.714. The van der Waals surface area contributed by atoms with Crippen LogP contribution in [0.5, 0.6) is 0 Å². The first-order valence-electron chi connectivity index (χ1n) is 6.48. The Morgan fingerprint density at radius 2 is 2.14 bits per heavy atom. The molecule has 0 saturated heterocycles. The third-order valence-electron chi connectivity index (χ3n) is 3.49. The Balaban J connectivity index is 2.17. The van der Waals surface area contributed by atoms with E-state index in [2.05, 4.69) is 9.97 Å². The fourth-order valence-electron chi connectivity index (χ4n) is 2.34. The lowest BCUT2D eigenvalue weighted by Gasteiger charge is -2.19. The number of imidazole rings is 1. The number of aromatic nitrogens is 3. The van der Waals surface area contributed by atoms with Gasteiger partial charge in [0, 0.05) is 31.9 Å². The molecule has 1 aromatic carbocycles. The van der Waals surface area contributed by atoms with Gasteiger partial charge in [0.2, 0.25) is 5.16 Å². The monoisotopic (exact) mass is 318 g/mol. The van der Waals surface area contributed by atoms with Crippen molar-refractivity contribution in [2.24, 2.45) is 7.05 Å². The normalized spacial score (nSPS) is 11.7. The topological polar surface area (TPSA) is 88.1 Å². The zero-order chi connectivity index (χ0) is 15.9. The number of hydrogen-bond acceptors (Lipinski definition) is 4. The van der Waals surface area contributed by atoms with Gasteiger partial charge in [-0.05, 0) is 12.1 Å². The van der Waals surface area contributed by atoms with Crippen LogP contribution in [0.25, 0.3) is 10.9 Å². The number of hydrogen-bond donors (Lipinski definition) is 1. The van der Waals surface area contributed by atoms with Crippen LogP contribution in [0.3, 0.4) is 0 Å². The molecule has 0 spiro atoms.